The third-order valence-corrected chi connectivity index (χ3v) is 7.35. The first-order chi connectivity index (χ1) is 17.8. The molecule has 1 heterocycles. The van der Waals surface area contributed by atoms with E-state index in [0.29, 0.717) is 9.71 Å². The van der Waals surface area contributed by atoms with Gasteiger partial charge in [-0.1, -0.05) is 85.8 Å². The van der Waals surface area contributed by atoms with Crippen molar-refractivity contribution in [2.75, 3.05) is 11.1 Å². The van der Waals surface area contributed by atoms with Gasteiger partial charge in [-0.2, -0.15) is 11.8 Å². The number of rotatable bonds is 11. The molecule has 0 bridgehead atoms. The SMILES string of the molecule is CC(C)[C@@H](C(=O)Nc1n[nH]c(=S)s1)N(C(=O)OCc1ccccc1)C(=O)[C@@H](N)CSCc1ccccc1. The molecule has 3 aromatic rings. The van der Waals surface area contributed by atoms with Gasteiger partial charge in [-0.15, -0.1) is 5.10 Å². The predicted molar refractivity (Wildman–Crippen MR) is 149 cm³/mol. The van der Waals surface area contributed by atoms with Crippen LogP contribution in [0.2, 0.25) is 0 Å². The van der Waals surface area contributed by atoms with E-state index in [1.54, 1.807) is 26.0 Å². The number of H-pyrrole nitrogens is 1. The van der Waals surface area contributed by atoms with Crippen LogP contribution in [0.3, 0.4) is 0 Å². The van der Waals surface area contributed by atoms with E-state index in [2.05, 4.69) is 15.5 Å². The fourth-order valence-electron chi connectivity index (χ4n) is 3.44. The lowest BCUT2D eigenvalue weighted by atomic mass is 10.0. The Bertz CT molecular complexity index is 1230. The molecular weight excluding hydrogens is 531 g/mol. The Labute approximate surface area is 228 Å². The van der Waals surface area contributed by atoms with Crippen molar-refractivity contribution < 1.29 is 19.1 Å². The molecule has 37 heavy (non-hydrogen) atoms. The highest BCUT2D eigenvalue weighted by molar-refractivity contribution is 7.98. The summed E-state index contributed by atoms with van der Waals surface area (Å²) in [5.41, 5.74) is 8.07. The van der Waals surface area contributed by atoms with E-state index >= 15 is 0 Å². The molecule has 0 saturated heterocycles. The van der Waals surface area contributed by atoms with Crippen molar-refractivity contribution in [1.82, 2.24) is 15.1 Å². The molecule has 0 spiro atoms. The Kier molecular flexibility index (Phi) is 10.8. The number of amides is 3. The van der Waals surface area contributed by atoms with Crippen LogP contribution < -0.4 is 11.1 Å². The highest BCUT2D eigenvalue weighted by atomic mass is 32.2. The van der Waals surface area contributed by atoms with Crippen LogP contribution in [0.5, 0.6) is 0 Å². The normalized spacial score (nSPS) is 12.5. The molecule has 0 fully saturated rings. The Morgan fingerprint density at radius 3 is 2.30 bits per heavy atom. The standard InChI is InChI=1S/C25H29N5O4S3/c1-16(2)20(21(31)27-23-28-29-24(35)37-23)30(25(33)34-13-17-9-5-3-6-10-17)22(32)19(26)15-36-14-18-11-7-4-8-12-18/h3-12,16,19-20H,13-15,26H2,1-2H3,(H,29,35)(H,27,28,31)/t19-,20-/m0/s1. The van der Waals surface area contributed by atoms with Crippen molar-refractivity contribution in [1.29, 1.82) is 0 Å². The number of carbonyl (C=O) groups is 3. The van der Waals surface area contributed by atoms with E-state index in [-0.39, 0.29) is 17.5 Å². The summed E-state index contributed by atoms with van der Waals surface area (Å²) < 4.78 is 5.84. The maximum atomic E-state index is 13.5. The summed E-state index contributed by atoms with van der Waals surface area (Å²) in [5.74, 6) is -0.824. The zero-order valence-corrected chi connectivity index (χ0v) is 22.9. The number of imide groups is 1. The molecule has 4 N–H and O–H groups in total. The molecule has 3 rings (SSSR count). The number of anilines is 1. The molecule has 0 aliphatic heterocycles. The zero-order valence-electron chi connectivity index (χ0n) is 20.5. The quantitative estimate of drug-likeness (QED) is 0.291. The van der Waals surface area contributed by atoms with Crippen LogP contribution in [0, 0.1) is 9.87 Å². The molecule has 0 aliphatic rings. The fraction of sp³-hybridized carbons (Fsp3) is 0.320. The van der Waals surface area contributed by atoms with Crippen LogP contribution in [0.15, 0.2) is 60.7 Å². The summed E-state index contributed by atoms with van der Waals surface area (Å²) in [6, 6.07) is 16.6. The highest BCUT2D eigenvalue weighted by Crippen LogP contribution is 2.20. The monoisotopic (exact) mass is 559 g/mol. The van der Waals surface area contributed by atoms with Gasteiger partial charge in [-0.05, 0) is 29.3 Å². The summed E-state index contributed by atoms with van der Waals surface area (Å²) in [6.07, 6.45) is -0.944. The van der Waals surface area contributed by atoms with Crippen molar-refractivity contribution >= 4 is 58.4 Å². The number of hydrogen-bond acceptors (Lipinski definition) is 9. The zero-order chi connectivity index (χ0) is 26.8. The van der Waals surface area contributed by atoms with E-state index in [1.807, 2.05) is 48.5 Å². The first kappa shape index (κ1) is 28.5. The largest absolute Gasteiger partial charge is 0.444 e. The van der Waals surface area contributed by atoms with Gasteiger partial charge < -0.3 is 10.5 Å². The number of carbonyl (C=O) groups excluding carboxylic acids is 3. The number of nitrogens with one attached hydrogen (secondary N) is 2. The number of nitrogens with two attached hydrogens (primary N) is 1. The molecule has 2 aromatic carbocycles. The van der Waals surface area contributed by atoms with Gasteiger partial charge in [0.1, 0.15) is 12.6 Å². The molecule has 2 atom stereocenters. The first-order valence-electron chi connectivity index (χ1n) is 11.5. The van der Waals surface area contributed by atoms with Crippen molar-refractivity contribution in [3.05, 3.63) is 75.7 Å². The average Bonchev–Trinajstić information content (AvgIpc) is 3.30. The summed E-state index contributed by atoms with van der Waals surface area (Å²) in [4.78, 5) is 40.9. The third kappa shape index (κ3) is 8.49. The molecular formula is C25H29N5O4S3. The Hall–Kier alpha value is -3.06. The minimum atomic E-state index is -1.18. The smallest absolute Gasteiger partial charge is 0.417 e. The van der Waals surface area contributed by atoms with Gasteiger partial charge in [0, 0.05) is 11.5 Å². The molecule has 196 valence electrons. The molecule has 12 heteroatoms. The fourth-order valence-corrected chi connectivity index (χ4v) is 5.17. The molecule has 0 unspecified atom stereocenters. The first-order valence-corrected chi connectivity index (χ1v) is 13.9. The Morgan fingerprint density at radius 1 is 1.11 bits per heavy atom. The van der Waals surface area contributed by atoms with Crippen LogP contribution in [0.4, 0.5) is 9.93 Å². The topological polar surface area (TPSA) is 130 Å². The van der Waals surface area contributed by atoms with Gasteiger partial charge in [0.2, 0.25) is 16.9 Å². The molecule has 1 aromatic heterocycles. The van der Waals surface area contributed by atoms with E-state index < -0.39 is 35.9 Å². The second kappa shape index (κ2) is 14.0. The van der Waals surface area contributed by atoms with E-state index in [0.717, 1.165) is 27.4 Å². The second-order valence-corrected chi connectivity index (χ2v) is 11.1. The van der Waals surface area contributed by atoms with E-state index in [1.165, 1.54) is 11.8 Å². The molecule has 0 aliphatic carbocycles. The summed E-state index contributed by atoms with van der Waals surface area (Å²) in [6.45, 7) is 3.41. The number of ether oxygens (including phenoxy) is 1. The van der Waals surface area contributed by atoms with Crippen molar-refractivity contribution in [3.63, 3.8) is 0 Å². The van der Waals surface area contributed by atoms with Gasteiger partial charge in [0.15, 0.2) is 3.95 Å². The number of thioether (sulfide) groups is 1. The van der Waals surface area contributed by atoms with Gasteiger partial charge in [-0.3, -0.25) is 20.0 Å². The number of aromatic amines is 1. The van der Waals surface area contributed by atoms with Crippen LogP contribution in [0.1, 0.15) is 25.0 Å². The van der Waals surface area contributed by atoms with Gasteiger partial charge in [0.05, 0.1) is 6.04 Å². The third-order valence-electron chi connectivity index (χ3n) is 5.21. The number of aromatic nitrogens is 2. The van der Waals surface area contributed by atoms with Crippen LogP contribution >= 0.6 is 35.3 Å². The van der Waals surface area contributed by atoms with Crippen LogP contribution in [-0.2, 0) is 26.7 Å². The maximum absolute atomic E-state index is 13.5. The number of benzene rings is 2. The Morgan fingerprint density at radius 2 is 1.73 bits per heavy atom. The lowest BCUT2D eigenvalue weighted by molar-refractivity contribution is -0.138. The minimum Gasteiger partial charge on any atom is -0.444 e. The lowest BCUT2D eigenvalue weighted by Crippen LogP contribution is -2.57. The second-order valence-electron chi connectivity index (χ2n) is 8.45. The minimum absolute atomic E-state index is 0.0609. The number of hydrogen-bond donors (Lipinski definition) is 3. The molecule has 0 radical (unpaired) electrons. The Balaban J connectivity index is 1.78. The van der Waals surface area contributed by atoms with Gasteiger partial charge in [0.25, 0.3) is 0 Å². The van der Waals surface area contributed by atoms with Gasteiger partial charge >= 0.3 is 6.09 Å². The summed E-state index contributed by atoms with van der Waals surface area (Å²) in [7, 11) is 0. The van der Waals surface area contributed by atoms with Crippen molar-refractivity contribution in [2.45, 2.75) is 38.3 Å². The summed E-state index contributed by atoms with van der Waals surface area (Å²) >= 11 is 7.55. The average molecular weight is 560 g/mol. The molecule has 0 saturated carbocycles. The van der Waals surface area contributed by atoms with E-state index in [9.17, 15) is 14.4 Å². The highest BCUT2D eigenvalue weighted by Gasteiger charge is 2.40. The van der Waals surface area contributed by atoms with Crippen molar-refractivity contribution in [2.24, 2.45) is 11.7 Å². The molecule has 3 amide bonds. The van der Waals surface area contributed by atoms with Gasteiger partial charge in [-0.25, -0.2) is 9.69 Å². The number of nitrogens with zero attached hydrogens (tertiary/aromatic N) is 2. The molecule has 9 nitrogen and oxygen atoms in total. The maximum Gasteiger partial charge on any atom is 0.417 e. The van der Waals surface area contributed by atoms with Crippen molar-refractivity contribution in [3.8, 4) is 0 Å². The van der Waals surface area contributed by atoms with E-state index in [4.69, 9.17) is 22.7 Å². The predicted octanol–water partition coefficient (Wildman–Crippen LogP) is 4.59. The van der Waals surface area contributed by atoms with Crippen LogP contribution in [-0.4, -0.2) is 50.8 Å². The lowest BCUT2D eigenvalue weighted by Gasteiger charge is -2.32. The van der Waals surface area contributed by atoms with Crippen LogP contribution in [0.25, 0.3) is 0 Å². The summed E-state index contributed by atoms with van der Waals surface area (Å²) in [5, 5.41) is 9.39.